The largest absolute Gasteiger partial charge is 0.416 e. The molecule has 19 heavy (non-hydrogen) atoms. The number of alkyl halides is 3. The fourth-order valence-electron chi connectivity index (χ4n) is 1.68. The number of nitrogen functional groups attached to an aromatic ring is 1. The van der Waals surface area contributed by atoms with Gasteiger partial charge in [0, 0.05) is 5.56 Å². The molecule has 0 bridgehead atoms. The second kappa shape index (κ2) is 4.70. The summed E-state index contributed by atoms with van der Waals surface area (Å²) in [5.41, 5.74) is 6.05. The summed E-state index contributed by atoms with van der Waals surface area (Å²) in [5.74, 6) is 0.0889. The van der Waals surface area contributed by atoms with Gasteiger partial charge >= 0.3 is 6.18 Å². The molecule has 100 valence electrons. The van der Waals surface area contributed by atoms with Gasteiger partial charge in [0.05, 0.1) is 11.3 Å². The first kappa shape index (κ1) is 13.6. The van der Waals surface area contributed by atoms with Crippen LogP contribution >= 0.6 is 11.6 Å². The number of anilines is 1. The topological polar surface area (TPSA) is 51.8 Å². The van der Waals surface area contributed by atoms with Crippen molar-refractivity contribution in [3.63, 3.8) is 0 Å². The number of benzene rings is 1. The Kier molecular flexibility index (Phi) is 3.36. The van der Waals surface area contributed by atoms with Crippen LogP contribution < -0.4 is 5.73 Å². The van der Waals surface area contributed by atoms with Gasteiger partial charge in [-0.3, -0.25) is 0 Å². The molecule has 0 radical (unpaired) electrons. The number of nitrogens with two attached hydrogens (primary N) is 1. The molecule has 0 atom stereocenters. The average molecular weight is 288 g/mol. The van der Waals surface area contributed by atoms with E-state index in [1.165, 1.54) is 12.4 Å². The quantitative estimate of drug-likeness (QED) is 0.870. The van der Waals surface area contributed by atoms with E-state index in [0.29, 0.717) is 16.8 Å². The lowest BCUT2D eigenvalue weighted by molar-refractivity contribution is -0.137. The Bertz CT molecular complexity index is 626. The van der Waals surface area contributed by atoms with E-state index in [4.69, 9.17) is 17.3 Å². The van der Waals surface area contributed by atoms with Crippen LogP contribution in [0.3, 0.4) is 0 Å². The van der Waals surface area contributed by atoms with Gasteiger partial charge in [-0.2, -0.15) is 13.2 Å². The Labute approximate surface area is 112 Å². The van der Waals surface area contributed by atoms with E-state index in [0.717, 1.165) is 12.1 Å². The summed E-state index contributed by atoms with van der Waals surface area (Å²) in [7, 11) is 0. The fraction of sp³-hybridized carbons (Fsp3) is 0.167. The van der Waals surface area contributed by atoms with Crippen molar-refractivity contribution in [1.82, 2.24) is 9.97 Å². The van der Waals surface area contributed by atoms with Gasteiger partial charge in [0.15, 0.2) is 0 Å². The number of aryl methyl sites for hydroxylation is 1. The summed E-state index contributed by atoms with van der Waals surface area (Å²) in [6, 6.07) is 3.35. The molecule has 1 heterocycles. The molecule has 1 aromatic carbocycles. The van der Waals surface area contributed by atoms with Crippen LogP contribution in [0.15, 0.2) is 24.5 Å². The predicted molar refractivity (Wildman–Crippen MR) is 66.6 cm³/mol. The molecule has 2 aromatic rings. The van der Waals surface area contributed by atoms with Crippen molar-refractivity contribution in [3.8, 4) is 11.3 Å². The first-order valence-corrected chi connectivity index (χ1v) is 5.62. The number of halogens is 4. The van der Waals surface area contributed by atoms with Crippen LogP contribution in [0.4, 0.5) is 19.0 Å². The number of hydrogen-bond donors (Lipinski definition) is 1. The number of hydrogen-bond acceptors (Lipinski definition) is 3. The zero-order chi connectivity index (χ0) is 14.2. The van der Waals surface area contributed by atoms with Crippen LogP contribution in [-0.2, 0) is 6.18 Å². The third kappa shape index (κ3) is 2.63. The van der Waals surface area contributed by atoms with Gasteiger partial charge in [-0.05, 0) is 24.6 Å². The van der Waals surface area contributed by atoms with E-state index in [1.807, 2.05) is 0 Å². The van der Waals surface area contributed by atoms with E-state index in [2.05, 4.69) is 9.97 Å². The lowest BCUT2D eigenvalue weighted by Gasteiger charge is -2.11. The van der Waals surface area contributed by atoms with Crippen molar-refractivity contribution in [1.29, 1.82) is 0 Å². The maximum absolute atomic E-state index is 12.6. The van der Waals surface area contributed by atoms with Crippen LogP contribution in [0, 0.1) is 6.92 Å². The van der Waals surface area contributed by atoms with Crippen molar-refractivity contribution in [2.75, 3.05) is 5.73 Å². The molecule has 2 N–H and O–H groups in total. The summed E-state index contributed by atoms with van der Waals surface area (Å²) in [6.45, 7) is 1.55. The molecule has 7 heteroatoms. The monoisotopic (exact) mass is 287 g/mol. The Hall–Kier alpha value is -1.82. The van der Waals surface area contributed by atoms with Crippen molar-refractivity contribution in [2.45, 2.75) is 13.1 Å². The Balaban J connectivity index is 2.56. The number of rotatable bonds is 1. The van der Waals surface area contributed by atoms with Crippen LogP contribution in [0.2, 0.25) is 5.02 Å². The van der Waals surface area contributed by atoms with Gasteiger partial charge in [-0.25, -0.2) is 9.97 Å². The molecule has 0 aliphatic rings. The zero-order valence-corrected chi connectivity index (χ0v) is 10.5. The standard InChI is InChI=1S/C12H9ClF3N3/c1-6-4-7(12(14,15)16)2-3-8(6)10-9(13)11(17)19-5-18-10/h2-5H,1H3,(H2,17,18,19). The van der Waals surface area contributed by atoms with Gasteiger partial charge in [0.2, 0.25) is 0 Å². The molecule has 0 saturated carbocycles. The lowest BCUT2D eigenvalue weighted by Crippen LogP contribution is -2.05. The summed E-state index contributed by atoms with van der Waals surface area (Å²) in [4.78, 5) is 7.66. The molecule has 0 saturated heterocycles. The second-order valence-corrected chi connectivity index (χ2v) is 4.33. The van der Waals surface area contributed by atoms with E-state index < -0.39 is 11.7 Å². The highest BCUT2D eigenvalue weighted by Gasteiger charge is 2.30. The first-order valence-electron chi connectivity index (χ1n) is 5.25. The van der Waals surface area contributed by atoms with Crippen molar-refractivity contribution in [3.05, 3.63) is 40.7 Å². The smallest absolute Gasteiger partial charge is 0.382 e. The summed E-state index contributed by atoms with van der Waals surface area (Å²) >= 11 is 5.96. The first-order chi connectivity index (χ1) is 8.80. The molecule has 0 aliphatic heterocycles. The van der Waals surface area contributed by atoms with Crippen LogP contribution in [-0.4, -0.2) is 9.97 Å². The van der Waals surface area contributed by atoms with Gasteiger partial charge in [0.25, 0.3) is 0 Å². The third-order valence-electron chi connectivity index (χ3n) is 2.63. The molecule has 2 rings (SSSR count). The predicted octanol–water partition coefficient (Wildman–Crippen LogP) is 3.71. The second-order valence-electron chi connectivity index (χ2n) is 3.95. The summed E-state index contributed by atoms with van der Waals surface area (Å²) in [5, 5.41) is 0.130. The highest BCUT2D eigenvalue weighted by Crippen LogP contribution is 2.35. The third-order valence-corrected chi connectivity index (χ3v) is 3.00. The number of aromatic nitrogens is 2. The highest BCUT2D eigenvalue weighted by atomic mass is 35.5. The average Bonchev–Trinajstić information content (AvgIpc) is 2.32. The van der Waals surface area contributed by atoms with Crippen molar-refractivity contribution in [2.24, 2.45) is 0 Å². The van der Waals surface area contributed by atoms with Crippen LogP contribution in [0.25, 0.3) is 11.3 Å². The maximum atomic E-state index is 12.6. The minimum absolute atomic E-state index is 0.0889. The van der Waals surface area contributed by atoms with Gasteiger partial charge < -0.3 is 5.73 Å². The Morgan fingerprint density at radius 2 is 1.89 bits per heavy atom. The van der Waals surface area contributed by atoms with Gasteiger partial charge in [0.1, 0.15) is 17.2 Å². The maximum Gasteiger partial charge on any atom is 0.416 e. The molecule has 0 aliphatic carbocycles. The SMILES string of the molecule is Cc1cc(C(F)(F)F)ccc1-c1ncnc(N)c1Cl. The van der Waals surface area contributed by atoms with Gasteiger partial charge in [-0.15, -0.1) is 0 Å². The normalized spacial score (nSPS) is 11.6. The Morgan fingerprint density at radius 3 is 2.47 bits per heavy atom. The molecule has 1 aromatic heterocycles. The lowest BCUT2D eigenvalue weighted by atomic mass is 10.0. The fourth-order valence-corrected chi connectivity index (χ4v) is 1.88. The molecule has 0 fully saturated rings. The minimum atomic E-state index is -4.38. The molecular formula is C12H9ClF3N3. The van der Waals surface area contributed by atoms with E-state index in [9.17, 15) is 13.2 Å². The van der Waals surface area contributed by atoms with E-state index >= 15 is 0 Å². The molecule has 0 unspecified atom stereocenters. The molecule has 3 nitrogen and oxygen atoms in total. The molecular weight excluding hydrogens is 279 g/mol. The molecule has 0 amide bonds. The van der Waals surface area contributed by atoms with Crippen LogP contribution in [0.1, 0.15) is 11.1 Å². The van der Waals surface area contributed by atoms with E-state index in [1.54, 1.807) is 6.92 Å². The van der Waals surface area contributed by atoms with Crippen molar-refractivity contribution < 1.29 is 13.2 Å². The summed E-state index contributed by atoms with van der Waals surface area (Å²) in [6.07, 6.45) is -3.16. The van der Waals surface area contributed by atoms with Gasteiger partial charge in [-0.1, -0.05) is 17.7 Å². The van der Waals surface area contributed by atoms with Crippen molar-refractivity contribution >= 4 is 17.4 Å². The highest BCUT2D eigenvalue weighted by molar-refractivity contribution is 6.35. The Morgan fingerprint density at radius 1 is 1.21 bits per heavy atom. The summed E-state index contributed by atoms with van der Waals surface area (Å²) < 4.78 is 37.7. The molecule has 0 spiro atoms. The van der Waals surface area contributed by atoms with E-state index in [-0.39, 0.29) is 10.8 Å². The van der Waals surface area contributed by atoms with Crippen LogP contribution in [0.5, 0.6) is 0 Å². The number of nitrogens with zero attached hydrogens (tertiary/aromatic N) is 2. The zero-order valence-electron chi connectivity index (χ0n) is 9.79. The minimum Gasteiger partial charge on any atom is -0.382 e.